The molecule has 0 fully saturated rings. The lowest BCUT2D eigenvalue weighted by Crippen LogP contribution is -2.24. The van der Waals surface area contributed by atoms with E-state index in [-0.39, 0.29) is 0 Å². The molecular formula is C14H21NO2. The maximum atomic E-state index is 9.97. The van der Waals surface area contributed by atoms with Crippen molar-refractivity contribution in [3.05, 3.63) is 23.8 Å². The molecular weight excluding hydrogens is 214 g/mol. The minimum Gasteiger partial charge on any atom is -0.497 e. The Labute approximate surface area is 103 Å². The molecule has 3 heteroatoms. The van der Waals surface area contributed by atoms with Crippen molar-refractivity contribution in [3.63, 3.8) is 0 Å². The average Bonchev–Trinajstić information content (AvgIpc) is 2.53. The van der Waals surface area contributed by atoms with Crippen LogP contribution in [0, 0.1) is 0 Å². The van der Waals surface area contributed by atoms with Crippen molar-refractivity contribution in [1.29, 1.82) is 0 Å². The van der Waals surface area contributed by atoms with Gasteiger partial charge in [-0.25, -0.2) is 0 Å². The maximum absolute atomic E-state index is 9.97. The quantitative estimate of drug-likeness (QED) is 0.873. The lowest BCUT2D eigenvalue weighted by Gasteiger charge is -2.22. The van der Waals surface area contributed by atoms with E-state index < -0.39 is 5.60 Å². The molecule has 1 heterocycles. The Bertz CT molecular complexity index is 409. The number of methoxy groups -OCH3 is 1. The van der Waals surface area contributed by atoms with Crippen molar-refractivity contribution in [2.24, 2.45) is 0 Å². The first-order valence-corrected chi connectivity index (χ1v) is 6.02. The van der Waals surface area contributed by atoms with Gasteiger partial charge >= 0.3 is 0 Å². The molecule has 17 heavy (non-hydrogen) atoms. The molecule has 1 aliphatic heterocycles. The number of fused-ring (bicyclic) bond motifs is 1. The Morgan fingerprint density at radius 2 is 2.18 bits per heavy atom. The van der Waals surface area contributed by atoms with Gasteiger partial charge in [0.25, 0.3) is 0 Å². The highest BCUT2D eigenvalue weighted by Crippen LogP contribution is 2.41. The highest BCUT2D eigenvalue weighted by Gasteiger charge is 2.30. The molecule has 0 saturated carbocycles. The number of anilines is 1. The first-order valence-electron chi connectivity index (χ1n) is 6.02. The van der Waals surface area contributed by atoms with E-state index >= 15 is 0 Å². The van der Waals surface area contributed by atoms with Crippen LogP contribution in [0.3, 0.4) is 0 Å². The van der Waals surface area contributed by atoms with Gasteiger partial charge in [0.15, 0.2) is 0 Å². The molecule has 1 aromatic rings. The van der Waals surface area contributed by atoms with Crippen molar-refractivity contribution in [3.8, 4) is 5.75 Å². The van der Waals surface area contributed by atoms with E-state index in [4.69, 9.17) is 4.74 Å². The van der Waals surface area contributed by atoms with Crippen molar-refractivity contribution in [2.45, 2.75) is 31.8 Å². The molecule has 2 rings (SSSR count). The fourth-order valence-electron chi connectivity index (χ4n) is 2.64. The Morgan fingerprint density at radius 3 is 2.76 bits per heavy atom. The summed E-state index contributed by atoms with van der Waals surface area (Å²) >= 11 is 0. The molecule has 1 atom stereocenters. The topological polar surface area (TPSA) is 32.7 Å². The second kappa shape index (κ2) is 4.22. The zero-order valence-corrected chi connectivity index (χ0v) is 11.0. The average molecular weight is 235 g/mol. The van der Waals surface area contributed by atoms with Gasteiger partial charge in [0.1, 0.15) is 5.75 Å². The highest BCUT2D eigenvalue weighted by molar-refractivity contribution is 5.61. The molecule has 0 aromatic heterocycles. The van der Waals surface area contributed by atoms with Crippen LogP contribution < -0.4 is 9.64 Å². The third-order valence-corrected chi connectivity index (χ3v) is 3.33. The zero-order chi connectivity index (χ0) is 12.6. The lowest BCUT2D eigenvalue weighted by molar-refractivity contribution is 0.0644. The van der Waals surface area contributed by atoms with Crippen LogP contribution in [0.25, 0.3) is 0 Å². The second-order valence-electron chi connectivity index (χ2n) is 5.52. The number of rotatable bonds is 3. The van der Waals surface area contributed by atoms with E-state index in [2.05, 4.69) is 24.1 Å². The van der Waals surface area contributed by atoms with Crippen LogP contribution >= 0.6 is 0 Å². The number of nitrogens with zero attached hydrogens (tertiary/aromatic N) is 1. The van der Waals surface area contributed by atoms with Gasteiger partial charge in [-0.3, -0.25) is 0 Å². The van der Waals surface area contributed by atoms with E-state index in [0.29, 0.717) is 5.92 Å². The molecule has 1 N–H and O–H groups in total. The largest absolute Gasteiger partial charge is 0.497 e. The Kier molecular flexibility index (Phi) is 3.04. The van der Waals surface area contributed by atoms with Gasteiger partial charge in [-0.1, -0.05) is 0 Å². The third kappa shape index (κ3) is 2.55. The summed E-state index contributed by atoms with van der Waals surface area (Å²) in [4.78, 5) is 2.24. The van der Waals surface area contributed by atoms with Crippen molar-refractivity contribution < 1.29 is 9.84 Å². The third-order valence-electron chi connectivity index (χ3n) is 3.33. The number of benzene rings is 1. The van der Waals surface area contributed by atoms with Crippen molar-refractivity contribution in [1.82, 2.24) is 0 Å². The van der Waals surface area contributed by atoms with E-state index in [1.165, 1.54) is 11.3 Å². The second-order valence-corrected chi connectivity index (χ2v) is 5.52. The standard InChI is InChI=1S/C14H21NO2/c1-14(2,16)8-10-9-15(3)13-6-5-11(17-4)7-12(10)13/h5-7,10,16H,8-9H2,1-4H3. The van der Waals surface area contributed by atoms with Gasteiger partial charge in [-0.2, -0.15) is 0 Å². The van der Waals surface area contributed by atoms with Gasteiger partial charge in [0.2, 0.25) is 0 Å². The Hall–Kier alpha value is -1.22. The zero-order valence-electron chi connectivity index (χ0n) is 11.0. The fraction of sp³-hybridized carbons (Fsp3) is 0.571. The Morgan fingerprint density at radius 1 is 1.47 bits per heavy atom. The summed E-state index contributed by atoms with van der Waals surface area (Å²) in [5.41, 5.74) is 1.91. The van der Waals surface area contributed by atoms with E-state index in [0.717, 1.165) is 18.7 Å². The van der Waals surface area contributed by atoms with Crippen LogP contribution in [0.1, 0.15) is 31.7 Å². The first kappa shape index (κ1) is 12.2. The van der Waals surface area contributed by atoms with Gasteiger partial charge in [-0.15, -0.1) is 0 Å². The first-order chi connectivity index (χ1) is 7.90. The SMILES string of the molecule is COc1ccc2c(c1)C(CC(C)(C)O)CN2C. The predicted molar refractivity (Wildman–Crippen MR) is 69.9 cm³/mol. The van der Waals surface area contributed by atoms with Crippen molar-refractivity contribution >= 4 is 5.69 Å². The molecule has 0 bridgehead atoms. The maximum Gasteiger partial charge on any atom is 0.119 e. The highest BCUT2D eigenvalue weighted by atomic mass is 16.5. The minimum absolute atomic E-state index is 0.380. The van der Waals surface area contributed by atoms with E-state index in [1.807, 2.05) is 19.9 Å². The number of hydrogen-bond donors (Lipinski definition) is 1. The monoisotopic (exact) mass is 235 g/mol. The van der Waals surface area contributed by atoms with E-state index in [1.54, 1.807) is 7.11 Å². The van der Waals surface area contributed by atoms with Crippen molar-refractivity contribution in [2.75, 3.05) is 25.6 Å². The molecule has 0 aliphatic carbocycles. The lowest BCUT2D eigenvalue weighted by atomic mass is 9.89. The molecule has 94 valence electrons. The summed E-state index contributed by atoms with van der Waals surface area (Å²) in [5.74, 6) is 1.27. The van der Waals surface area contributed by atoms with Crippen LogP contribution in [0.2, 0.25) is 0 Å². The van der Waals surface area contributed by atoms with E-state index in [9.17, 15) is 5.11 Å². The summed E-state index contributed by atoms with van der Waals surface area (Å²) in [7, 11) is 3.78. The fourth-order valence-corrected chi connectivity index (χ4v) is 2.64. The van der Waals surface area contributed by atoms with Crippen LogP contribution in [0.5, 0.6) is 5.75 Å². The summed E-state index contributed by atoms with van der Waals surface area (Å²) in [6, 6.07) is 6.18. The number of hydrogen-bond acceptors (Lipinski definition) is 3. The summed E-state index contributed by atoms with van der Waals surface area (Å²) in [5, 5.41) is 9.97. The summed E-state index contributed by atoms with van der Waals surface area (Å²) in [6.07, 6.45) is 0.775. The summed E-state index contributed by atoms with van der Waals surface area (Å²) in [6.45, 7) is 4.70. The molecule has 0 amide bonds. The molecule has 0 radical (unpaired) electrons. The molecule has 3 nitrogen and oxygen atoms in total. The van der Waals surface area contributed by atoms with Gasteiger partial charge in [0.05, 0.1) is 12.7 Å². The van der Waals surface area contributed by atoms with Crippen LogP contribution in [0.15, 0.2) is 18.2 Å². The molecule has 0 spiro atoms. The minimum atomic E-state index is -0.629. The molecule has 0 saturated heterocycles. The molecule has 1 unspecified atom stereocenters. The van der Waals surface area contributed by atoms with Gasteiger partial charge < -0.3 is 14.7 Å². The summed E-state index contributed by atoms with van der Waals surface area (Å²) < 4.78 is 5.27. The predicted octanol–water partition coefficient (Wildman–Crippen LogP) is 2.39. The van der Waals surface area contributed by atoms with Gasteiger partial charge in [-0.05, 0) is 44.0 Å². The van der Waals surface area contributed by atoms with Gasteiger partial charge in [0, 0.05) is 25.2 Å². The Balaban J connectivity index is 2.31. The number of ether oxygens (including phenoxy) is 1. The number of likely N-dealkylation sites (N-methyl/N-ethyl adjacent to an activating group) is 1. The molecule has 1 aromatic carbocycles. The number of aliphatic hydroxyl groups is 1. The van der Waals surface area contributed by atoms with Crippen LogP contribution in [0.4, 0.5) is 5.69 Å². The van der Waals surface area contributed by atoms with Crippen LogP contribution in [-0.2, 0) is 0 Å². The smallest absolute Gasteiger partial charge is 0.119 e. The molecule has 1 aliphatic rings. The normalized spacial score (nSPS) is 19.4. The van der Waals surface area contributed by atoms with Crippen LogP contribution in [-0.4, -0.2) is 31.4 Å².